The molecule has 1 atom stereocenters. The topological polar surface area (TPSA) is 69.9 Å². The molecular weight excluding hydrogens is 429 g/mol. The molecule has 6 nitrogen and oxygen atoms in total. The molecule has 10 heteroatoms. The summed E-state index contributed by atoms with van der Waals surface area (Å²) in [5, 5.41) is 8.15. The Hall–Kier alpha value is -2.88. The molecule has 2 aromatic heterocycles. The molecule has 0 fully saturated rings. The van der Waals surface area contributed by atoms with Gasteiger partial charge in [-0.05, 0) is 43.7 Å². The quantitative estimate of drug-likeness (QED) is 0.348. The summed E-state index contributed by atoms with van der Waals surface area (Å²) < 4.78 is 46.6. The Bertz CT molecular complexity index is 1020. The maximum atomic E-state index is 13.3. The van der Waals surface area contributed by atoms with Crippen LogP contribution in [0.15, 0.2) is 53.9 Å². The molecule has 164 valence electrons. The molecule has 0 N–H and O–H groups in total. The minimum atomic E-state index is -4.50. The van der Waals surface area contributed by atoms with Gasteiger partial charge >= 0.3 is 12.1 Å². The number of ether oxygens (including phenoxy) is 1. The van der Waals surface area contributed by atoms with E-state index in [0.29, 0.717) is 23.0 Å². The zero-order valence-electron chi connectivity index (χ0n) is 17.0. The molecule has 0 aliphatic rings. The summed E-state index contributed by atoms with van der Waals surface area (Å²) in [6.45, 7) is 3.90. The number of carbonyl (C=O) groups excluding carboxylic acids is 1. The Morgan fingerprint density at radius 1 is 1.16 bits per heavy atom. The molecule has 0 spiro atoms. The van der Waals surface area contributed by atoms with Crippen LogP contribution in [0.4, 0.5) is 13.2 Å². The summed E-state index contributed by atoms with van der Waals surface area (Å²) in [4.78, 5) is 16.4. The molecular formula is C21H21F3N4O2S. The van der Waals surface area contributed by atoms with Gasteiger partial charge in [0.25, 0.3) is 0 Å². The number of esters is 1. The van der Waals surface area contributed by atoms with Crippen molar-refractivity contribution in [3.05, 3.63) is 54.4 Å². The molecule has 31 heavy (non-hydrogen) atoms. The van der Waals surface area contributed by atoms with Crippen molar-refractivity contribution in [2.45, 2.75) is 43.3 Å². The predicted molar refractivity (Wildman–Crippen MR) is 111 cm³/mol. The first-order valence-corrected chi connectivity index (χ1v) is 10.6. The average molecular weight is 450 g/mol. The summed E-state index contributed by atoms with van der Waals surface area (Å²) in [6.07, 6.45) is -0.115. The molecule has 0 unspecified atom stereocenters. The number of aromatic nitrogens is 4. The van der Waals surface area contributed by atoms with Gasteiger partial charge in [0, 0.05) is 18.0 Å². The summed E-state index contributed by atoms with van der Waals surface area (Å²) in [5.41, 5.74) is 0.0917. The van der Waals surface area contributed by atoms with Crippen molar-refractivity contribution in [1.29, 1.82) is 0 Å². The second-order valence-corrected chi connectivity index (χ2v) is 7.74. The number of rotatable bonds is 8. The first-order chi connectivity index (χ1) is 14.8. The van der Waals surface area contributed by atoms with Crippen LogP contribution in [0, 0.1) is 0 Å². The Morgan fingerprint density at radius 2 is 1.90 bits per heavy atom. The summed E-state index contributed by atoms with van der Waals surface area (Å²) in [6, 6.07) is 8.31. The molecule has 0 bridgehead atoms. The van der Waals surface area contributed by atoms with Crippen LogP contribution in [0.5, 0.6) is 0 Å². The second kappa shape index (κ2) is 9.95. The van der Waals surface area contributed by atoms with Crippen LogP contribution in [0.1, 0.15) is 32.3 Å². The first-order valence-electron chi connectivity index (χ1n) is 9.71. The Kier molecular flexibility index (Phi) is 7.32. The van der Waals surface area contributed by atoms with Crippen molar-refractivity contribution in [1.82, 2.24) is 19.7 Å². The Morgan fingerprint density at radius 3 is 2.55 bits per heavy atom. The van der Waals surface area contributed by atoms with Gasteiger partial charge in [0.1, 0.15) is 5.25 Å². The van der Waals surface area contributed by atoms with E-state index >= 15 is 0 Å². The van der Waals surface area contributed by atoms with E-state index < -0.39 is 23.0 Å². The fraction of sp³-hybridized carbons (Fsp3) is 0.333. The summed E-state index contributed by atoms with van der Waals surface area (Å²) in [7, 11) is 0. The van der Waals surface area contributed by atoms with Crippen molar-refractivity contribution < 1.29 is 22.7 Å². The van der Waals surface area contributed by atoms with Gasteiger partial charge < -0.3 is 4.74 Å². The first kappa shape index (κ1) is 22.8. The summed E-state index contributed by atoms with van der Waals surface area (Å²) in [5.74, 6) is -0.0401. The van der Waals surface area contributed by atoms with Crippen LogP contribution in [-0.2, 0) is 15.7 Å². The molecule has 3 aromatic rings. The highest BCUT2D eigenvalue weighted by Gasteiger charge is 2.31. The van der Waals surface area contributed by atoms with E-state index in [2.05, 4.69) is 15.2 Å². The number of halogens is 3. The number of nitrogens with zero attached hydrogens (tertiary/aromatic N) is 4. The lowest BCUT2D eigenvalue weighted by Crippen LogP contribution is -2.21. The molecule has 3 rings (SSSR count). The standard InChI is InChI=1S/C21H21F3N4O2S/c1-3-6-17(19(29)30-4-2)31-20-27-26-18(14-9-11-25-12-10-14)28(20)16-8-5-7-15(13-16)21(22,23)24/h5,7-13,17H,3-4,6H2,1-2H3/t17-/m0/s1. The van der Waals surface area contributed by atoms with Crippen LogP contribution in [0.25, 0.3) is 17.1 Å². The van der Waals surface area contributed by atoms with Crippen LogP contribution in [0.2, 0.25) is 0 Å². The second-order valence-electron chi connectivity index (χ2n) is 6.57. The van der Waals surface area contributed by atoms with Crippen molar-refractivity contribution in [2.24, 2.45) is 0 Å². The third-order valence-electron chi connectivity index (χ3n) is 4.35. The maximum Gasteiger partial charge on any atom is 0.416 e. The maximum absolute atomic E-state index is 13.3. The number of hydrogen-bond acceptors (Lipinski definition) is 6. The SMILES string of the molecule is CCC[C@H](Sc1nnc(-c2ccncc2)n1-c1cccc(C(F)(F)F)c1)C(=O)OCC. The molecule has 2 heterocycles. The van der Waals surface area contributed by atoms with E-state index in [1.54, 1.807) is 37.5 Å². The highest BCUT2D eigenvalue weighted by Crippen LogP contribution is 2.35. The molecule has 0 saturated carbocycles. The zero-order chi connectivity index (χ0) is 22.4. The van der Waals surface area contributed by atoms with E-state index in [1.807, 2.05) is 6.92 Å². The van der Waals surface area contributed by atoms with Crippen molar-refractivity contribution >= 4 is 17.7 Å². The molecule has 0 amide bonds. The van der Waals surface area contributed by atoms with Crippen LogP contribution < -0.4 is 0 Å². The highest BCUT2D eigenvalue weighted by molar-refractivity contribution is 8.00. The number of carbonyl (C=O) groups is 1. The summed E-state index contributed by atoms with van der Waals surface area (Å²) >= 11 is 1.13. The molecule has 0 aliphatic heterocycles. The van der Waals surface area contributed by atoms with Crippen molar-refractivity contribution in [3.8, 4) is 17.1 Å². The van der Waals surface area contributed by atoms with Crippen molar-refractivity contribution in [3.63, 3.8) is 0 Å². The van der Waals surface area contributed by atoms with E-state index in [0.717, 1.165) is 30.3 Å². The van der Waals surface area contributed by atoms with Crippen molar-refractivity contribution in [2.75, 3.05) is 6.61 Å². The number of pyridine rings is 1. The minimum absolute atomic E-state index is 0.238. The lowest BCUT2D eigenvalue weighted by molar-refractivity contribution is -0.142. The van der Waals surface area contributed by atoms with Crippen LogP contribution in [-0.4, -0.2) is 37.6 Å². The molecule has 1 aromatic carbocycles. The number of thioether (sulfide) groups is 1. The fourth-order valence-electron chi connectivity index (χ4n) is 2.94. The average Bonchev–Trinajstić information content (AvgIpc) is 3.17. The lowest BCUT2D eigenvalue weighted by Gasteiger charge is -2.16. The third-order valence-corrected chi connectivity index (χ3v) is 5.54. The van der Waals surface area contributed by atoms with Crippen LogP contribution in [0.3, 0.4) is 0 Å². The van der Waals surface area contributed by atoms with E-state index in [4.69, 9.17) is 4.74 Å². The molecule has 0 aliphatic carbocycles. The highest BCUT2D eigenvalue weighted by atomic mass is 32.2. The van der Waals surface area contributed by atoms with Gasteiger partial charge in [-0.3, -0.25) is 14.3 Å². The monoisotopic (exact) mass is 450 g/mol. The molecule has 0 radical (unpaired) electrons. The Balaban J connectivity index is 2.11. The smallest absolute Gasteiger partial charge is 0.416 e. The normalized spacial score (nSPS) is 12.5. The van der Waals surface area contributed by atoms with Gasteiger partial charge in [-0.25, -0.2) is 0 Å². The zero-order valence-corrected chi connectivity index (χ0v) is 17.8. The number of alkyl halides is 3. The molecule has 0 saturated heterocycles. The number of hydrogen-bond donors (Lipinski definition) is 0. The predicted octanol–water partition coefficient (Wildman–Crippen LogP) is 5.17. The van der Waals surface area contributed by atoms with Gasteiger partial charge in [-0.2, -0.15) is 13.2 Å². The largest absolute Gasteiger partial charge is 0.465 e. The van der Waals surface area contributed by atoms with Gasteiger partial charge in [0.15, 0.2) is 11.0 Å². The van der Waals surface area contributed by atoms with Gasteiger partial charge in [0.05, 0.1) is 17.9 Å². The lowest BCUT2D eigenvalue weighted by atomic mass is 10.2. The van der Waals surface area contributed by atoms with E-state index in [1.165, 1.54) is 10.6 Å². The fourth-order valence-corrected chi connectivity index (χ4v) is 4.10. The van der Waals surface area contributed by atoms with E-state index in [9.17, 15) is 18.0 Å². The van der Waals surface area contributed by atoms with Gasteiger partial charge in [-0.15, -0.1) is 10.2 Å². The van der Waals surface area contributed by atoms with E-state index in [-0.39, 0.29) is 12.3 Å². The number of benzene rings is 1. The minimum Gasteiger partial charge on any atom is -0.465 e. The van der Waals surface area contributed by atoms with Gasteiger partial charge in [0.2, 0.25) is 0 Å². The third kappa shape index (κ3) is 5.43. The Labute approximate surface area is 181 Å². The van der Waals surface area contributed by atoms with Gasteiger partial charge in [-0.1, -0.05) is 31.2 Å². The van der Waals surface area contributed by atoms with Crippen LogP contribution >= 0.6 is 11.8 Å².